The molecule has 250 valence electrons. The van der Waals surface area contributed by atoms with Crippen molar-refractivity contribution >= 4 is 29.1 Å². The molecule has 0 saturated carbocycles. The molecule has 4 rings (SSSR count). The summed E-state index contributed by atoms with van der Waals surface area (Å²) in [6.07, 6.45) is -0.195. The molecule has 0 aliphatic carbocycles. The van der Waals surface area contributed by atoms with Crippen LogP contribution in [0.1, 0.15) is 62.0 Å². The van der Waals surface area contributed by atoms with Gasteiger partial charge in [-0.3, -0.25) is 14.6 Å². The lowest BCUT2D eigenvalue weighted by atomic mass is 9.97. The van der Waals surface area contributed by atoms with Crippen molar-refractivity contribution in [1.82, 2.24) is 25.1 Å². The third kappa shape index (κ3) is 9.47. The second kappa shape index (κ2) is 16.0. The Balaban J connectivity index is 1.36. The first kappa shape index (κ1) is 34.8. The van der Waals surface area contributed by atoms with Crippen LogP contribution in [0.3, 0.4) is 0 Å². The summed E-state index contributed by atoms with van der Waals surface area (Å²) in [5, 5.41) is 11.6. The van der Waals surface area contributed by atoms with E-state index in [1.807, 2.05) is 6.92 Å². The zero-order valence-electron chi connectivity index (χ0n) is 25.8. The van der Waals surface area contributed by atoms with Gasteiger partial charge in [0.15, 0.2) is 22.5 Å². The van der Waals surface area contributed by atoms with Crippen LogP contribution in [0.4, 0.5) is 24.8 Å². The van der Waals surface area contributed by atoms with Crippen LogP contribution in [0.25, 0.3) is 0 Å². The first-order valence-corrected chi connectivity index (χ1v) is 15.9. The number of nitrogens with one attached hydrogen (secondary N) is 1. The summed E-state index contributed by atoms with van der Waals surface area (Å²) in [5.74, 6) is 0.0303. The lowest BCUT2D eigenvalue weighted by molar-refractivity contribution is -0.274. The summed E-state index contributed by atoms with van der Waals surface area (Å²) >= 11 is 6.47. The fraction of sp³-hybridized carbons (Fsp3) is 0.633. The first-order chi connectivity index (χ1) is 21.5. The number of hydrogen-bond acceptors (Lipinski definition) is 10. The van der Waals surface area contributed by atoms with E-state index >= 15 is 0 Å². The Hall–Kier alpha value is -3.07. The van der Waals surface area contributed by atoms with Crippen LogP contribution in [0.2, 0.25) is 5.15 Å². The van der Waals surface area contributed by atoms with Crippen molar-refractivity contribution in [3.63, 3.8) is 0 Å². The van der Waals surface area contributed by atoms with Gasteiger partial charge in [0.25, 0.3) is 5.91 Å². The van der Waals surface area contributed by atoms with E-state index in [9.17, 15) is 18.0 Å². The number of aromatic nitrogens is 2. The van der Waals surface area contributed by atoms with Crippen LogP contribution in [0.5, 0.6) is 11.5 Å². The van der Waals surface area contributed by atoms with Crippen LogP contribution in [0.15, 0.2) is 18.2 Å². The van der Waals surface area contributed by atoms with E-state index < -0.39 is 12.3 Å². The van der Waals surface area contributed by atoms with Gasteiger partial charge in [0.05, 0.1) is 13.2 Å². The van der Waals surface area contributed by atoms with Gasteiger partial charge in [-0.1, -0.05) is 37.9 Å². The predicted molar refractivity (Wildman–Crippen MR) is 166 cm³/mol. The average Bonchev–Trinajstić information content (AvgIpc) is 3.01. The molecule has 1 atom stereocenters. The summed E-state index contributed by atoms with van der Waals surface area (Å²) < 4.78 is 48.4. The molecule has 45 heavy (non-hydrogen) atoms. The Morgan fingerprint density at radius 3 is 2.60 bits per heavy atom. The molecule has 2 fully saturated rings. The average molecular weight is 658 g/mol. The van der Waals surface area contributed by atoms with Crippen LogP contribution in [-0.4, -0.2) is 102 Å². The molecule has 0 spiro atoms. The number of carbonyl (C=O) groups excluding carboxylic acids is 1. The first-order valence-electron chi connectivity index (χ1n) is 15.5. The number of carbonyl (C=O) groups is 1. The van der Waals surface area contributed by atoms with Crippen LogP contribution < -0.4 is 25.4 Å². The summed E-state index contributed by atoms with van der Waals surface area (Å²) in [4.78, 5) is 27.9. The van der Waals surface area contributed by atoms with Gasteiger partial charge in [-0.05, 0) is 44.8 Å². The maximum Gasteiger partial charge on any atom is 0.573 e. The SMILES string of the molecule is CCCCOc1cc(OC(F)(F)F)ccc1CN1CCC(N2CCN(c3nc(N)c(C(=O)NCCO)nc3Cl)C[C@@H]2CC)CC1. The molecule has 1 amide bonds. The fourth-order valence-corrected chi connectivity index (χ4v) is 6.17. The van der Waals surface area contributed by atoms with Crippen LogP contribution in [0, 0.1) is 0 Å². The van der Waals surface area contributed by atoms with Crippen molar-refractivity contribution in [1.29, 1.82) is 0 Å². The number of unbranched alkanes of at least 4 members (excludes halogenated alkanes) is 1. The highest BCUT2D eigenvalue weighted by Gasteiger charge is 2.35. The minimum Gasteiger partial charge on any atom is -0.493 e. The summed E-state index contributed by atoms with van der Waals surface area (Å²) in [6, 6.07) is 4.98. The van der Waals surface area contributed by atoms with Crippen molar-refractivity contribution in [2.75, 3.05) is 63.1 Å². The highest BCUT2D eigenvalue weighted by atomic mass is 35.5. The molecule has 2 aromatic rings. The molecule has 1 aromatic carbocycles. The summed E-state index contributed by atoms with van der Waals surface area (Å²) in [6.45, 7) is 8.91. The van der Waals surface area contributed by atoms with Gasteiger partial charge in [-0.15, -0.1) is 13.2 Å². The Labute approximate surface area is 266 Å². The number of halogens is 4. The number of hydrogen-bond donors (Lipinski definition) is 3. The Kier molecular flexibility index (Phi) is 12.3. The maximum absolute atomic E-state index is 12.8. The summed E-state index contributed by atoms with van der Waals surface area (Å²) in [7, 11) is 0. The lowest BCUT2D eigenvalue weighted by Crippen LogP contribution is -2.58. The maximum atomic E-state index is 12.8. The van der Waals surface area contributed by atoms with Gasteiger partial charge in [0.2, 0.25) is 0 Å². The third-order valence-corrected chi connectivity index (χ3v) is 8.48. The van der Waals surface area contributed by atoms with Crippen molar-refractivity contribution in [3.05, 3.63) is 34.6 Å². The number of likely N-dealkylation sites (tertiary alicyclic amines) is 1. The molecule has 1 aromatic heterocycles. The highest BCUT2D eigenvalue weighted by molar-refractivity contribution is 6.32. The number of benzene rings is 1. The second-order valence-electron chi connectivity index (χ2n) is 11.3. The van der Waals surface area contributed by atoms with Crippen LogP contribution in [-0.2, 0) is 6.54 Å². The minimum atomic E-state index is -4.76. The number of alkyl halides is 3. The molecule has 0 radical (unpaired) electrons. The molecule has 11 nitrogen and oxygen atoms in total. The number of piperidine rings is 1. The lowest BCUT2D eigenvalue weighted by Gasteiger charge is -2.47. The van der Waals surface area contributed by atoms with E-state index in [0.717, 1.165) is 57.3 Å². The van der Waals surface area contributed by atoms with Gasteiger partial charge in [0.1, 0.15) is 11.5 Å². The fourth-order valence-electron chi connectivity index (χ4n) is 5.92. The quantitative estimate of drug-likeness (QED) is 0.271. The second-order valence-corrected chi connectivity index (χ2v) is 11.7. The Morgan fingerprint density at radius 1 is 1.18 bits per heavy atom. The normalized spacial score (nSPS) is 18.6. The third-order valence-electron chi connectivity index (χ3n) is 8.22. The van der Waals surface area contributed by atoms with Crippen LogP contribution >= 0.6 is 11.6 Å². The largest absolute Gasteiger partial charge is 0.573 e. The molecular weight excluding hydrogens is 615 g/mol. The Morgan fingerprint density at radius 2 is 1.93 bits per heavy atom. The number of nitrogen functional groups attached to an aromatic ring is 1. The number of piperazine rings is 1. The number of nitrogens with two attached hydrogens (primary N) is 1. The monoisotopic (exact) mass is 657 g/mol. The Bertz CT molecular complexity index is 1280. The van der Waals surface area contributed by atoms with Gasteiger partial charge >= 0.3 is 6.36 Å². The number of anilines is 2. The zero-order valence-corrected chi connectivity index (χ0v) is 26.5. The minimum absolute atomic E-state index is 0.0193. The standard InChI is InChI=1S/C30H43ClF3N7O4/c1-3-5-16-44-24-17-23(45-30(32,33)34)7-6-20(24)18-39-11-8-22(9-12-39)41-14-13-40(19-21(41)4-2)28-26(31)37-25(27(35)38-28)29(43)36-10-15-42/h6-7,17,21-22,42H,3-5,8-16,18-19H2,1-2H3,(H2,35,38)(H,36,43)/t21-/m0/s1. The molecule has 3 heterocycles. The van der Waals surface area contributed by atoms with Gasteiger partial charge in [-0.2, -0.15) is 0 Å². The molecule has 2 aliphatic heterocycles. The molecular formula is C30H43ClF3N7O4. The number of ether oxygens (including phenoxy) is 2. The van der Waals surface area contributed by atoms with E-state index in [2.05, 4.69) is 41.6 Å². The molecule has 2 aliphatic rings. The molecule has 4 N–H and O–H groups in total. The van der Waals surface area contributed by atoms with Crippen molar-refractivity contribution < 1.29 is 32.5 Å². The number of rotatable bonds is 13. The van der Waals surface area contributed by atoms with E-state index in [-0.39, 0.29) is 41.6 Å². The van der Waals surface area contributed by atoms with Crippen molar-refractivity contribution in [3.8, 4) is 11.5 Å². The predicted octanol–water partition coefficient (Wildman–Crippen LogP) is 4.08. The molecule has 2 saturated heterocycles. The van der Waals surface area contributed by atoms with Crippen molar-refractivity contribution in [2.24, 2.45) is 0 Å². The van der Waals surface area contributed by atoms with Gasteiger partial charge in [-0.25, -0.2) is 9.97 Å². The number of aliphatic hydroxyl groups excluding tert-OH is 1. The van der Waals surface area contributed by atoms with E-state index in [1.54, 1.807) is 6.07 Å². The van der Waals surface area contributed by atoms with E-state index in [4.69, 9.17) is 27.2 Å². The molecule has 15 heteroatoms. The zero-order chi connectivity index (χ0) is 32.6. The number of amides is 1. The molecule has 0 unspecified atom stereocenters. The topological polar surface area (TPSA) is 129 Å². The van der Waals surface area contributed by atoms with Gasteiger partial charge in [0, 0.05) is 56.4 Å². The number of nitrogens with zero attached hydrogens (tertiary/aromatic N) is 5. The van der Waals surface area contributed by atoms with Gasteiger partial charge < -0.3 is 30.5 Å². The van der Waals surface area contributed by atoms with Crippen molar-refractivity contribution in [2.45, 2.75) is 70.9 Å². The smallest absolute Gasteiger partial charge is 0.493 e. The highest BCUT2D eigenvalue weighted by Crippen LogP contribution is 2.33. The van der Waals surface area contributed by atoms with E-state index in [0.29, 0.717) is 43.9 Å². The van der Waals surface area contributed by atoms with E-state index in [1.165, 1.54) is 12.1 Å². The summed E-state index contributed by atoms with van der Waals surface area (Å²) in [5.41, 5.74) is 6.84. The molecule has 0 bridgehead atoms. The number of aliphatic hydroxyl groups is 1.